The molecule has 1 aromatic rings. The van der Waals surface area contributed by atoms with Gasteiger partial charge in [-0.1, -0.05) is 6.42 Å². The van der Waals surface area contributed by atoms with Crippen molar-refractivity contribution in [2.45, 2.75) is 51.0 Å². The Labute approximate surface area is 147 Å². The number of nitrogens with one attached hydrogen (secondary N) is 1. The van der Waals surface area contributed by atoms with Crippen molar-refractivity contribution in [2.24, 2.45) is 11.8 Å². The molecule has 1 N–H and O–H groups in total. The van der Waals surface area contributed by atoms with E-state index in [1.807, 2.05) is 11.0 Å². The van der Waals surface area contributed by atoms with Crippen LogP contribution < -0.4 is 10.1 Å². The lowest BCUT2D eigenvalue weighted by Gasteiger charge is -2.32. The summed E-state index contributed by atoms with van der Waals surface area (Å²) in [5.74, 6) is 1.45. The Bertz CT molecular complexity index is 630. The van der Waals surface area contributed by atoms with Crippen LogP contribution in [0.1, 0.15) is 44.9 Å². The summed E-state index contributed by atoms with van der Waals surface area (Å²) in [7, 11) is 0. The van der Waals surface area contributed by atoms with E-state index in [0.717, 1.165) is 58.0 Å². The largest absolute Gasteiger partial charge is 0.474 e. The van der Waals surface area contributed by atoms with Crippen molar-refractivity contribution >= 4 is 17.5 Å². The molecule has 3 fully saturated rings. The predicted octanol–water partition coefficient (Wildman–Crippen LogP) is 2.60. The molecule has 6 nitrogen and oxygen atoms in total. The maximum atomic E-state index is 12.1. The molecule has 4 rings (SSSR count). The molecule has 2 aliphatic carbocycles. The van der Waals surface area contributed by atoms with Crippen LogP contribution in [-0.2, 0) is 9.59 Å². The minimum Gasteiger partial charge on any atom is -0.474 e. The van der Waals surface area contributed by atoms with E-state index in [2.05, 4.69) is 10.3 Å². The van der Waals surface area contributed by atoms with Gasteiger partial charge in [-0.15, -0.1) is 0 Å². The molecule has 3 aliphatic rings. The van der Waals surface area contributed by atoms with Crippen molar-refractivity contribution in [1.82, 2.24) is 9.88 Å². The number of carbonyl (C=O) groups excluding carboxylic acids is 2. The van der Waals surface area contributed by atoms with E-state index in [9.17, 15) is 9.59 Å². The third-order valence-electron chi connectivity index (χ3n) is 5.45. The van der Waals surface area contributed by atoms with Gasteiger partial charge >= 0.3 is 0 Å². The second-order valence-electron chi connectivity index (χ2n) is 7.42. The van der Waals surface area contributed by atoms with Gasteiger partial charge in [0.15, 0.2) is 0 Å². The summed E-state index contributed by atoms with van der Waals surface area (Å²) < 4.78 is 5.94. The van der Waals surface area contributed by atoms with Gasteiger partial charge in [0, 0.05) is 43.8 Å². The summed E-state index contributed by atoms with van der Waals surface area (Å²) in [5, 5.41) is 2.91. The Morgan fingerprint density at radius 3 is 2.36 bits per heavy atom. The monoisotopic (exact) mass is 343 g/mol. The minimum absolute atomic E-state index is 0.0921. The van der Waals surface area contributed by atoms with Crippen LogP contribution in [0.25, 0.3) is 0 Å². The van der Waals surface area contributed by atoms with Crippen LogP contribution in [0.15, 0.2) is 18.3 Å². The van der Waals surface area contributed by atoms with E-state index in [-0.39, 0.29) is 17.9 Å². The number of anilines is 1. The molecule has 2 saturated carbocycles. The van der Waals surface area contributed by atoms with Crippen molar-refractivity contribution in [3.8, 4) is 5.88 Å². The van der Waals surface area contributed by atoms with Crippen LogP contribution in [0.2, 0.25) is 0 Å². The third kappa shape index (κ3) is 3.94. The molecular weight excluding hydrogens is 318 g/mol. The van der Waals surface area contributed by atoms with Crippen molar-refractivity contribution in [1.29, 1.82) is 0 Å². The summed E-state index contributed by atoms with van der Waals surface area (Å²) in [5.41, 5.74) is 0.717. The molecular formula is C19H25N3O3. The van der Waals surface area contributed by atoms with Gasteiger partial charge in [-0.2, -0.15) is 0 Å². The predicted molar refractivity (Wildman–Crippen MR) is 93.2 cm³/mol. The van der Waals surface area contributed by atoms with E-state index < -0.39 is 0 Å². The normalized spacial score (nSPS) is 21.5. The molecule has 0 atom stereocenters. The molecule has 25 heavy (non-hydrogen) atoms. The molecule has 0 aromatic carbocycles. The lowest BCUT2D eigenvalue weighted by Crippen LogP contribution is -2.42. The zero-order chi connectivity index (χ0) is 17.2. The molecule has 6 heteroatoms. The highest BCUT2D eigenvalue weighted by Crippen LogP contribution is 2.32. The summed E-state index contributed by atoms with van der Waals surface area (Å²) in [6.45, 7) is 1.55. The zero-order valence-corrected chi connectivity index (χ0v) is 14.4. The van der Waals surface area contributed by atoms with Gasteiger partial charge in [0.2, 0.25) is 17.7 Å². The highest BCUT2D eigenvalue weighted by atomic mass is 16.5. The molecule has 0 spiro atoms. The standard InChI is InChI=1S/C19H25N3O3/c23-18(13-2-1-3-13)21-15-6-7-17(20-12-15)25-16-8-10-22(11-9-16)19(24)14-4-5-14/h6-7,12-14,16H,1-5,8-11H2,(H,21,23). The molecule has 1 aliphatic heterocycles. The zero-order valence-electron chi connectivity index (χ0n) is 14.4. The lowest BCUT2D eigenvalue weighted by atomic mass is 9.85. The van der Waals surface area contributed by atoms with Gasteiger partial charge in [0.25, 0.3) is 0 Å². The number of nitrogens with zero attached hydrogens (tertiary/aromatic N) is 2. The van der Waals surface area contributed by atoms with E-state index >= 15 is 0 Å². The second kappa shape index (κ2) is 7.02. The van der Waals surface area contributed by atoms with E-state index in [0.29, 0.717) is 23.4 Å². The third-order valence-corrected chi connectivity index (χ3v) is 5.45. The van der Waals surface area contributed by atoms with Crippen LogP contribution in [-0.4, -0.2) is 40.9 Å². The quantitative estimate of drug-likeness (QED) is 0.892. The molecule has 2 amide bonds. The molecule has 134 valence electrons. The summed E-state index contributed by atoms with van der Waals surface area (Å²) in [4.78, 5) is 30.3. The number of piperidine rings is 1. The molecule has 0 unspecified atom stereocenters. The molecule has 1 aromatic heterocycles. The van der Waals surface area contributed by atoms with Crippen LogP contribution in [0.3, 0.4) is 0 Å². The van der Waals surface area contributed by atoms with Gasteiger partial charge in [0.1, 0.15) is 6.10 Å². The maximum Gasteiger partial charge on any atom is 0.227 e. The summed E-state index contributed by atoms with van der Waals surface area (Å²) >= 11 is 0. The number of amides is 2. The van der Waals surface area contributed by atoms with Crippen molar-refractivity contribution in [3.05, 3.63) is 18.3 Å². The van der Waals surface area contributed by atoms with Gasteiger partial charge in [-0.3, -0.25) is 9.59 Å². The highest BCUT2D eigenvalue weighted by molar-refractivity contribution is 5.92. The van der Waals surface area contributed by atoms with Crippen LogP contribution in [0, 0.1) is 11.8 Å². The van der Waals surface area contributed by atoms with Crippen LogP contribution >= 0.6 is 0 Å². The fourth-order valence-electron chi connectivity index (χ4n) is 3.39. The first kappa shape index (κ1) is 16.4. The Morgan fingerprint density at radius 1 is 1.04 bits per heavy atom. The van der Waals surface area contributed by atoms with E-state index in [1.54, 1.807) is 12.3 Å². The fourth-order valence-corrected chi connectivity index (χ4v) is 3.39. The minimum atomic E-state index is 0.0921. The Kier molecular flexibility index (Phi) is 4.59. The maximum absolute atomic E-state index is 12.1. The number of carbonyl (C=O) groups is 2. The molecule has 2 heterocycles. The van der Waals surface area contributed by atoms with Crippen LogP contribution in [0.4, 0.5) is 5.69 Å². The number of hydrogen-bond donors (Lipinski definition) is 1. The summed E-state index contributed by atoms with van der Waals surface area (Å²) in [6.07, 6.45) is 8.69. The SMILES string of the molecule is O=C(Nc1ccc(OC2CCN(C(=O)C3CC3)CC2)nc1)C1CCC1. The topological polar surface area (TPSA) is 71.5 Å². The number of hydrogen-bond acceptors (Lipinski definition) is 4. The van der Waals surface area contributed by atoms with Crippen molar-refractivity contribution in [3.63, 3.8) is 0 Å². The van der Waals surface area contributed by atoms with Crippen molar-refractivity contribution < 1.29 is 14.3 Å². The first-order chi connectivity index (χ1) is 12.2. The van der Waals surface area contributed by atoms with Gasteiger partial charge < -0.3 is 15.0 Å². The van der Waals surface area contributed by atoms with Crippen LogP contribution in [0.5, 0.6) is 5.88 Å². The number of ether oxygens (including phenoxy) is 1. The Balaban J connectivity index is 1.24. The summed E-state index contributed by atoms with van der Waals surface area (Å²) in [6, 6.07) is 3.64. The lowest BCUT2D eigenvalue weighted by molar-refractivity contribution is -0.134. The number of likely N-dealkylation sites (tertiary alicyclic amines) is 1. The Hall–Kier alpha value is -2.11. The molecule has 0 bridgehead atoms. The Morgan fingerprint density at radius 2 is 1.80 bits per heavy atom. The smallest absolute Gasteiger partial charge is 0.227 e. The number of rotatable bonds is 5. The van der Waals surface area contributed by atoms with Gasteiger partial charge in [-0.25, -0.2) is 4.98 Å². The first-order valence-electron chi connectivity index (χ1n) is 9.41. The van der Waals surface area contributed by atoms with Crippen molar-refractivity contribution in [2.75, 3.05) is 18.4 Å². The average molecular weight is 343 g/mol. The molecule has 0 radical (unpaired) electrons. The fraction of sp³-hybridized carbons (Fsp3) is 0.632. The molecule has 1 saturated heterocycles. The highest BCUT2D eigenvalue weighted by Gasteiger charge is 2.35. The second-order valence-corrected chi connectivity index (χ2v) is 7.42. The number of pyridine rings is 1. The number of aromatic nitrogens is 1. The first-order valence-corrected chi connectivity index (χ1v) is 9.41. The van der Waals surface area contributed by atoms with Gasteiger partial charge in [0.05, 0.1) is 11.9 Å². The van der Waals surface area contributed by atoms with E-state index in [4.69, 9.17) is 4.74 Å². The van der Waals surface area contributed by atoms with E-state index in [1.165, 1.54) is 0 Å². The van der Waals surface area contributed by atoms with Gasteiger partial charge in [-0.05, 0) is 31.7 Å². The average Bonchev–Trinajstić information content (AvgIpc) is 3.40.